The number of ether oxygens (including phenoxy) is 1. The smallest absolute Gasteiger partial charge is 0.338 e. The van der Waals surface area contributed by atoms with Crippen molar-refractivity contribution in [3.63, 3.8) is 0 Å². The van der Waals surface area contributed by atoms with E-state index in [0.717, 1.165) is 16.7 Å². The Morgan fingerprint density at radius 2 is 1.71 bits per heavy atom. The minimum atomic E-state index is -0.299. The number of aryl methyl sites for hydroxylation is 1. The van der Waals surface area contributed by atoms with Crippen molar-refractivity contribution in [2.45, 2.75) is 6.92 Å². The van der Waals surface area contributed by atoms with Gasteiger partial charge in [0.25, 0.3) is 0 Å². The minimum Gasteiger partial charge on any atom is -0.465 e. The first-order chi connectivity index (χ1) is 8.24. The molecule has 2 rings (SSSR count). The molecule has 2 aromatic carbocycles. The third-order valence-corrected chi connectivity index (χ3v) is 2.74. The molecule has 0 bridgehead atoms. The van der Waals surface area contributed by atoms with Gasteiger partial charge in [-0.2, -0.15) is 0 Å². The Bertz CT molecular complexity index is 530. The minimum absolute atomic E-state index is 0.299. The van der Waals surface area contributed by atoms with E-state index in [2.05, 4.69) is 0 Å². The first-order valence-electron chi connectivity index (χ1n) is 5.47. The van der Waals surface area contributed by atoms with Crippen LogP contribution in [0.4, 0.5) is 0 Å². The van der Waals surface area contributed by atoms with Crippen molar-refractivity contribution >= 4 is 5.97 Å². The summed E-state index contributed by atoms with van der Waals surface area (Å²) in [5, 5.41) is 0. The highest BCUT2D eigenvalue weighted by atomic mass is 16.5. The molecule has 0 N–H and O–H groups in total. The van der Waals surface area contributed by atoms with Crippen molar-refractivity contribution in [3.05, 3.63) is 59.7 Å². The van der Waals surface area contributed by atoms with Gasteiger partial charge >= 0.3 is 5.97 Å². The fourth-order valence-electron chi connectivity index (χ4n) is 1.94. The van der Waals surface area contributed by atoms with Crippen LogP contribution in [0.2, 0.25) is 0 Å². The van der Waals surface area contributed by atoms with Crippen molar-refractivity contribution < 1.29 is 9.53 Å². The van der Waals surface area contributed by atoms with Gasteiger partial charge in [-0.3, -0.25) is 0 Å². The van der Waals surface area contributed by atoms with E-state index in [1.54, 1.807) is 6.07 Å². The highest BCUT2D eigenvalue weighted by molar-refractivity contribution is 5.98. The summed E-state index contributed by atoms with van der Waals surface area (Å²) in [6.45, 7) is 1.99. The number of benzene rings is 2. The average molecular weight is 226 g/mol. The number of hydrogen-bond donors (Lipinski definition) is 0. The van der Waals surface area contributed by atoms with Crippen molar-refractivity contribution in [1.82, 2.24) is 0 Å². The Labute approximate surface area is 101 Å². The Morgan fingerprint density at radius 3 is 2.35 bits per heavy atom. The van der Waals surface area contributed by atoms with Crippen LogP contribution in [0.1, 0.15) is 15.9 Å². The largest absolute Gasteiger partial charge is 0.465 e. The number of hydrogen-bond acceptors (Lipinski definition) is 2. The van der Waals surface area contributed by atoms with Gasteiger partial charge in [-0.25, -0.2) is 4.79 Å². The monoisotopic (exact) mass is 226 g/mol. The van der Waals surface area contributed by atoms with Gasteiger partial charge in [-0.1, -0.05) is 42.5 Å². The van der Waals surface area contributed by atoms with E-state index in [0.29, 0.717) is 5.56 Å². The van der Waals surface area contributed by atoms with E-state index < -0.39 is 0 Å². The number of rotatable bonds is 2. The second-order valence-corrected chi connectivity index (χ2v) is 3.86. The lowest BCUT2D eigenvalue weighted by Gasteiger charge is -2.11. The predicted octanol–water partition coefficient (Wildman–Crippen LogP) is 3.45. The van der Waals surface area contributed by atoms with Gasteiger partial charge in [-0.05, 0) is 29.7 Å². The van der Waals surface area contributed by atoms with Crippen LogP contribution < -0.4 is 0 Å². The Morgan fingerprint density at radius 1 is 1.00 bits per heavy atom. The molecule has 17 heavy (non-hydrogen) atoms. The fourth-order valence-corrected chi connectivity index (χ4v) is 1.94. The molecule has 0 amide bonds. The molecule has 0 aliphatic heterocycles. The Kier molecular flexibility index (Phi) is 3.24. The van der Waals surface area contributed by atoms with Gasteiger partial charge in [0, 0.05) is 0 Å². The molecular formula is C15H14O2. The zero-order valence-corrected chi connectivity index (χ0v) is 9.94. The molecule has 0 unspecified atom stereocenters. The highest BCUT2D eigenvalue weighted by Gasteiger charge is 2.14. The maximum absolute atomic E-state index is 11.7. The van der Waals surface area contributed by atoms with Crippen LogP contribution in [0.15, 0.2) is 48.5 Å². The third-order valence-electron chi connectivity index (χ3n) is 2.74. The van der Waals surface area contributed by atoms with Gasteiger partial charge < -0.3 is 4.74 Å². The maximum atomic E-state index is 11.7. The maximum Gasteiger partial charge on any atom is 0.338 e. The lowest BCUT2D eigenvalue weighted by Crippen LogP contribution is -2.04. The van der Waals surface area contributed by atoms with Crippen LogP contribution in [-0.4, -0.2) is 13.1 Å². The molecular weight excluding hydrogens is 212 g/mol. The number of carbonyl (C=O) groups is 1. The second kappa shape index (κ2) is 4.83. The van der Waals surface area contributed by atoms with E-state index in [9.17, 15) is 4.79 Å². The molecule has 0 atom stereocenters. The zero-order chi connectivity index (χ0) is 12.3. The second-order valence-electron chi connectivity index (χ2n) is 3.86. The summed E-state index contributed by atoms with van der Waals surface area (Å²) < 4.78 is 4.81. The van der Waals surface area contributed by atoms with Gasteiger partial charge in [0.2, 0.25) is 0 Å². The lowest BCUT2D eigenvalue weighted by atomic mass is 9.95. The summed E-state index contributed by atoms with van der Waals surface area (Å²) in [5.74, 6) is -0.299. The van der Waals surface area contributed by atoms with Crippen LogP contribution in [0, 0.1) is 6.92 Å². The van der Waals surface area contributed by atoms with E-state index in [1.165, 1.54) is 7.11 Å². The van der Waals surface area contributed by atoms with Crippen LogP contribution in [0.25, 0.3) is 11.1 Å². The summed E-state index contributed by atoms with van der Waals surface area (Å²) in [4.78, 5) is 11.7. The van der Waals surface area contributed by atoms with E-state index in [1.807, 2.05) is 49.4 Å². The SMILES string of the molecule is COC(=O)c1cccc(C)c1-c1ccccc1. The van der Waals surface area contributed by atoms with Crippen LogP contribution in [0.3, 0.4) is 0 Å². The third kappa shape index (κ3) is 2.21. The van der Waals surface area contributed by atoms with E-state index >= 15 is 0 Å². The molecule has 0 saturated heterocycles. The molecule has 0 spiro atoms. The van der Waals surface area contributed by atoms with Crippen molar-refractivity contribution in [3.8, 4) is 11.1 Å². The van der Waals surface area contributed by atoms with Crippen LogP contribution >= 0.6 is 0 Å². The van der Waals surface area contributed by atoms with E-state index in [-0.39, 0.29) is 5.97 Å². The molecule has 2 aromatic rings. The van der Waals surface area contributed by atoms with Crippen molar-refractivity contribution in [2.24, 2.45) is 0 Å². The number of carbonyl (C=O) groups excluding carboxylic acids is 1. The van der Waals surface area contributed by atoms with Crippen LogP contribution in [0.5, 0.6) is 0 Å². The number of methoxy groups -OCH3 is 1. The predicted molar refractivity (Wildman–Crippen MR) is 68.0 cm³/mol. The quantitative estimate of drug-likeness (QED) is 0.733. The summed E-state index contributed by atoms with van der Waals surface area (Å²) in [5.41, 5.74) is 3.66. The summed E-state index contributed by atoms with van der Waals surface area (Å²) in [6.07, 6.45) is 0. The first-order valence-corrected chi connectivity index (χ1v) is 5.47. The van der Waals surface area contributed by atoms with Gasteiger partial charge in [-0.15, -0.1) is 0 Å². The topological polar surface area (TPSA) is 26.3 Å². The Balaban J connectivity index is 2.64. The van der Waals surface area contributed by atoms with Crippen molar-refractivity contribution in [2.75, 3.05) is 7.11 Å². The van der Waals surface area contributed by atoms with E-state index in [4.69, 9.17) is 4.74 Å². The molecule has 2 heteroatoms. The highest BCUT2D eigenvalue weighted by Crippen LogP contribution is 2.27. The molecule has 0 aromatic heterocycles. The van der Waals surface area contributed by atoms with Gasteiger partial charge in [0.05, 0.1) is 12.7 Å². The summed E-state index contributed by atoms with van der Waals surface area (Å²) in [7, 11) is 1.40. The average Bonchev–Trinajstić information content (AvgIpc) is 2.38. The zero-order valence-electron chi connectivity index (χ0n) is 9.94. The summed E-state index contributed by atoms with van der Waals surface area (Å²) >= 11 is 0. The molecule has 0 heterocycles. The first kappa shape index (κ1) is 11.4. The van der Waals surface area contributed by atoms with Crippen LogP contribution in [-0.2, 0) is 4.74 Å². The van der Waals surface area contributed by atoms with Crippen molar-refractivity contribution in [1.29, 1.82) is 0 Å². The molecule has 86 valence electrons. The standard InChI is InChI=1S/C15H14O2/c1-11-7-6-10-13(15(16)17-2)14(11)12-8-4-3-5-9-12/h3-10H,1-2H3. The fraction of sp³-hybridized carbons (Fsp3) is 0.133. The summed E-state index contributed by atoms with van der Waals surface area (Å²) in [6, 6.07) is 15.5. The molecule has 0 saturated carbocycles. The molecule has 2 nitrogen and oxygen atoms in total. The molecule has 0 aliphatic carbocycles. The van der Waals surface area contributed by atoms with Gasteiger partial charge in [0.1, 0.15) is 0 Å². The Hall–Kier alpha value is -2.09. The lowest BCUT2D eigenvalue weighted by molar-refractivity contribution is 0.0601. The van der Waals surface area contributed by atoms with Gasteiger partial charge in [0.15, 0.2) is 0 Å². The number of esters is 1. The molecule has 0 fully saturated rings. The molecule has 0 radical (unpaired) electrons. The normalized spacial score (nSPS) is 10.0. The molecule has 0 aliphatic rings.